The van der Waals surface area contributed by atoms with Crippen molar-refractivity contribution in [3.05, 3.63) is 66.4 Å². The Morgan fingerprint density at radius 1 is 0.889 bits per heavy atom. The highest BCUT2D eigenvalue weighted by Gasteiger charge is 2.51. The molecule has 0 radical (unpaired) electrons. The monoisotopic (exact) mass is 481 g/mol. The maximum Gasteiger partial charge on any atom is 0.251 e. The van der Waals surface area contributed by atoms with Crippen LogP contribution in [0.25, 0.3) is 11.3 Å². The Morgan fingerprint density at radius 2 is 1.58 bits per heavy atom. The molecule has 3 N–H and O–H groups in total. The van der Waals surface area contributed by atoms with Crippen molar-refractivity contribution in [3.63, 3.8) is 0 Å². The molecular formula is C29H31N5O2. The minimum absolute atomic E-state index is 0.00882. The van der Waals surface area contributed by atoms with Gasteiger partial charge in [-0.25, -0.2) is 9.97 Å². The molecule has 1 heterocycles. The van der Waals surface area contributed by atoms with E-state index in [2.05, 4.69) is 25.9 Å². The molecule has 36 heavy (non-hydrogen) atoms. The number of anilines is 3. The molecule has 4 aliphatic carbocycles. The fraction of sp³-hybridized carbons (Fsp3) is 0.379. The lowest BCUT2D eigenvalue weighted by Crippen LogP contribution is -2.59. The molecule has 0 aliphatic heterocycles. The normalized spacial score (nSPS) is 25.9. The van der Waals surface area contributed by atoms with Crippen LogP contribution in [0, 0.1) is 17.8 Å². The first-order chi connectivity index (χ1) is 17.4. The highest BCUT2D eigenvalue weighted by atomic mass is 16.2. The average Bonchev–Trinajstić information content (AvgIpc) is 2.83. The third-order valence-corrected chi connectivity index (χ3v) is 7.95. The summed E-state index contributed by atoms with van der Waals surface area (Å²) in [5, 5.41) is 9.47. The Kier molecular flexibility index (Phi) is 5.70. The molecule has 4 aliphatic rings. The quantitative estimate of drug-likeness (QED) is 0.429. The number of aromatic nitrogens is 2. The molecule has 1 aromatic heterocycles. The molecule has 7 rings (SSSR count). The zero-order valence-electron chi connectivity index (χ0n) is 20.5. The molecule has 7 nitrogen and oxygen atoms in total. The molecule has 2 amide bonds. The molecule has 0 saturated heterocycles. The van der Waals surface area contributed by atoms with E-state index in [1.807, 2.05) is 54.6 Å². The number of amides is 2. The summed E-state index contributed by atoms with van der Waals surface area (Å²) in [6.45, 7) is 1.48. The van der Waals surface area contributed by atoms with Crippen LogP contribution >= 0.6 is 0 Å². The van der Waals surface area contributed by atoms with Crippen molar-refractivity contribution in [2.45, 2.75) is 51.0 Å². The zero-order chi connectivity index (χ0) is 24.7. The van der Waals surface area contributed by atoms with Crippen LogP contribution in [0.15, 0.2) is 60.8 Å². The van der Waals surface area contributed by atoms with E-state index in [0.717, 1.165) is 59.6 Å². The van der Waals surface area contributed by atoms with Gasteiger partial charge in [0.15, 0.2) is 0 Å². The number of hydrogen-bond donors (Lipinski definition) is 3. The van der Waals surface area contributed by atoms with Crippen LogP contribution < -0.4 is 16.0 Å². The molecule has 184 valence electrons. The highest BCUT2D eigenvalue weighted by molar-refractivity contribution is 5.95. The van der Waals surface area contributed by atoms with E-state index < -0.39 is 0 Å². The van der Waals surface area contributed by atoms with Crippen LogP contribution in [-0.2, 0) is 4.79 Å². The molecule has 4 saturated carbocycles. The number of carbonyl (C=O) groups excluding carboxylic acids is 2. The third-order valence-electron chi connectivity index (χ3n) is 7.95. The summed E-state index contributed by atoms with van der Waals surface area (Å²) in [6, 6.07) is 16.9. The summed E-state index contributed by atoms with van der Waals surface area (Å²) >= 11 is 0. The van der Waals surface area contributed by atoms with Gasteiger partial charge in [0.25, 0.3) is 5.91 Å². The zero-order valence-corrected chi connectivity index (χ0v) is 20.5. The van der Waals surface area contributed by atoms with Crippen molar-refractivity contribution in [1.82, 2.24) is 15.3 Å². The van der Waals surface area contributed by atoms with Gasteiger partial charge in [0.2, 0.25) is 11.9 Å². The summed E-state index contributed by atoms with van der Waals surface area (Å²) < 4.78 is 0. The van der Waals surface area contributed by atoms with E-state index in [0.29, 0.717) is 11.5 Å². The smallest absolute Gasteiger partial charge is 0.251 e. The van der Waals surface area contributed by atoms with Gasteiger partial charge < -0.3 is 16.0 Å². The Bertz CT molecular complexity index is 1270. The second kappa shape index (κ2) is 9.04. The molecule has 2 aromatic carbocycles. The topological polar surface area (TPSA) is 96.0 Å². The van der Waals surface area contributed by atoms with Crippen molar-refractivity contribution in [2.75, 3.05) is 10.6 Å². The molecule has 0 spiro atoms. The van der Waals surface area contributed by atoms with Crippen LogP contribution in [0.4, 0.5) is 17.3 Å². The first-order valence-corrected chi connectivity index (χ1v) is 12.8. The number of nitrogens with zero attached hydrogens (tertiary/aromatic N) is 2. The van der Waals surface area contributed by atoms with Gasteiger partial charge >= 0.3 is 0 Å². The maximum absolute atomic E-state index is 13.3. The first kappa shape index (κ1) is 22.7. The van der Waals surface area contributed by atoms with Gasteiger partial charge in [-0.1, -0.05) is 18.2 Å². The number of hydrogen-bond acceptors (Lipinski definition) is 5. The largest absolute Gasteiger partial charge is 0.347 e. The van der Waals surface area contributed by atoms with Crippen molar-refractivity contribution in [2.24, 2.45) is 17.8 Å². The van der Waals surface area contributed by atoms with E-state index in [1.54, 1.807) is 6.20 Å². The molecule has 0 unspecified atom stereocenters. The third kappa shape index (κ3) is 4.70. The van der Waals surface area contributed by atoms with Gasteiger partial charge in [0.1, 0.15) is 0 Å². The predicted molar refractivity (Wildman–Crippen MR) is 140 cm³/mol. The van der Waals surface area contributed by atoms with Crippen molar-refractivity contribution >= 4 is 29.1 Å². The van der Waals surface area contributed by atoms with E-state index in [-0.39, 0.29) is 17.4 Å². The van der Waals surface area contributed by atoms with E-state index in [9.17, 15) is 9.59 Å². The summed E-state index contributed by atoms with van der Waals surface area (Å²) in [6.07, 6.45) is 9.17. The van der Waals surface area contributed by atoms with Gasteiger partial charge in [0, 0.05) is 41.2 Å². The van der Waals surface area contributed by atoms with Crippen molar-refractivity contribution in [1.29, 1.82) is 0 Å². The lowest BCUT2D eigenvalue weighted by molar-refractivity contribution is -0.114. The van der Waals surface area contributed by atoms with Crippen molar-refractivity contribution in [3.8, 4) is 11.3 Å². The Labute approximate surface area is 211 Å². The second-order valence-electron chi connectivity index (χ2n) is 10.9. The Morgan fingerprint density at radius 3 is 2.25 bits per heavy atom. The number of nitrogens with one attached hydrogen (secondary N) is 3. The van der Waals surface area contributed by atoms with E-state index >= 15 is 0 Å². The van der Waals surface area contributed by atoms with Crippen LogP contribution in [0.5, 0.6) is 0 Å². The highest BCUT2D eigenvalue weighted by Crippen LogP contribution is 2.55. The molecule has 0 atom stereocenters. The summed E-state index contributed by atoms with van der Waals surface area (Å²) in [4.78, 5) is 33.5. The van der Waals surface area contributed by atoms with Crippen LogP contribution in [-0.4, -0.2) is 27.3 Å². The van der Waals surface area contributed by atoms with Crippen molar-refractivity contribution < 1.29 is 9.59 Å². The summed E-state index contributed by atoms with van der Waals surface area (Å²) in [5.41, 5.74) is 3.83. The molecule has 4 fully saturated rings. The minimum atomic E-state index is -0.106. The van der Waals surface area contributed by atoms with Gasteiger partial charge in [0.05, 0.1) is 5.69 Å². The second-order valence-corrected chi connectivity index (χ2v) is 10.9. The van der Waals surface area contributed by atoms with Crippen LogP contribution in [0.2, 0.25) is 0 Å². The lowest BCUT2D eigenvalue weighted by atomic mass is 9.53. The molecule has 7 heteroatoms. The molecule has 4 bridgehead atoms. The predicted octanol–water partition coefficient (Wildman–Crippen LogP) is 5.54. The summed E-state index contributed by atoms with van der Waals surface area (Å²) in [7, 11) is 0. The van der Waals surface area contributed by atoms with E-state index in [1.165, 1.54) is 26.2 Å². The SMILES string of the molecule is CC(=O)Nc1ccc(-c2ccnc(Nc3cccc(C(=O)NC45CC6CC(CC(C6)C4)C5)c3)n2)cc1. The van der Waals surface area contributed by atoms with Gasteiger partial charge in [-0.2, -0.15) is 0 Å². The van der Waals surface area contributed by atoms with Crippen LogP contribution in [0.1, 0.15) is 55.8 Å². The summed E-state index contributed by atoms with van der Waals surface area (Å²) in [5.74, 6) is 2.72. The maximum atomic E-state index is 13.3. The first-order valence-electron chi connectivity index (χ1n) is 12.8. The number of carbonyl (C=O) groups is 2. The fourth-order valence-corrected chi connectivity index (χ4v) is 6.95. The number of benzene rings is 2. The van der Waals surface area contributed by atoms with Crippen LogP contribution in [0.3, 0.4) is 0 Å². The average molecular weight is 482 g/mol. The molecular weight excluding hydrogens is 450 g/mol. The Hall–Kier alpha value is -3.74. The van der Waals surface area contributed by atoms with E-state index in [4.69, 9.17) is 0 Å². The standard InChI is InChI=1S/C29H31N5O2/c1-18(35)31-24-7-5-22(6-8-24)26-9-10-30-28(33-26)32-25-4-2-3-23(14-25)27(36)34-29-15-19-11-20(16-29)13-21(12-19)17-29/h2-10,14,19-21H,11-13,15-17H2,1H3,(H,31,35)(H,34,36)(H,30,32,33). The van der Waals surface area contributed by atoms with Gasteiger partial charge in [-0.15, -0.1) is 0 Å². The lowest BCUT2D eigenvalue weighted by Gasteiger charge is -2.56. The molecule has 3 aromatic rings. The van der Waals surface area contributed by atoms with Gasteiger partial charge in [-0.3, -0.25) is 9.59 Å². The fourth-order valence-electron chi connectivity index (χ4n) is 6.95. The number of rotatable bonds is 6. The minimum Gasteiger partial charge on any atom is -0.347 e. The van der Waals surface area contributed by atoms with Gasteiger partial charge in [-0.05, 0) is 92.7 Å². The Balaban J connectivity index is 1.15.